The van der Waals surface area contributed by atoms with Crippen LogP contribution in [0.3, 0.4) is 0 Å². The van der Waals surface area contributed by atoms with E-state index in [1.807, 2.05) is 0 Å². The fourth-order valence-electron chi connectivity index (χ4n) is 3.07. The van der Waals surface area contributed by atoms with Gasteiger partial charge in [-0.2, -0.15) is 0 Å². The minimum atomic E-state index is -0.649. The van der Waals surface area contributed by atoms with E-state index in [0.717, 1.165) is 38.6 Å². The second kappa shape index (κ2) is 8.60. The van der Waals surface area contributed by atoms with Crippen molar-refractivity contribution in [3.63, 3.8) is 0 Å². The summed E-state index contributed by atoms with van der Waals surface area (Å²) in [6.07, 6.45) is 4.75. The first-order valence-electron chi connectivity index (χ1n) is 7.51. The van der Waals surface area contributed by atoms with Crippen LogP contribution in [0.2, 0.25) is 0 Å². The number of carbonyl (C=O) groups is 1. The first-order valence-corrected chi connectivity index (χ1v) is 7.51. The van der Waals surface area contributed by atoms with Gasteiger partial charge < -0.3 is 14.6 Å². The minimum absolute atomic E-state index is 0.202. The molecule has 1 N–H and O–H groups in total. The molecule has 5 nitrogen and oxygen atoms in total. The molecule has 0 aromatic carbocycles. The van der Waals surface area contributed by atoms with Crippen LogP contribution in [-0.2, 0) is 14.3 Å². The lowest BCUT2D eigenvalue weighted by Crippen LogP contribution is -2.49. The van der Waals surface area contributed by atoms with E-state index < -0.39 is 11.4 Å². The molecule has 20 heavy (non-hydrogen) atoms. The van der Waals surface area contributed by atoms with Crippen LogP contribution in [0.5, 0.6) is 0 Å². The largest absolute Gasteiger partial charge is 0.481 e. The Balaban J connectivity index is 2.75. The van der Waals surface area contributed by atoms with Crippen LogP contribution < -0.4 is 0 Å². The molecule has 1 unspecified atom stereocenters. The second-order valence-corrected chi connectivity index (χ2v) is 5.91. The van der Waals surface area contributed by atoms with Crippen molar-refractivity contribution in [2.45, 2.75) is 45.1 Å². The molecule has 0 aromatic heterocycles. The van der Waals surface area contributed by atoms with Crippen molar-refractivity contribution in [3.05, 3.63) is 0 Å². The van der Waals surface area contributed by atoms with Gasteiger partial charge in [-0.05, 0) is 19.8 Å². The van der Waals surface area contributed by atoms with Crippen molar-refractivity contribution in [3.8, 4) is 0 Å². The molecular formula is C15H29NO4. The number of rotatable bonds is 9. The van der Waals surface area contributed by atoms with E-state index in [-0.39, 0.29) is 6.04 Å². The number of hydrogen-bond donors (Lipinski definition) is 1. The SMILES string of the molecule is COCCN(CC1(C(=O)O)CCCCC1)C(C)COC. The van der Waals surface area contributed by atoms with Gasteiger partial charge in [-0.3, -0.25) is 9.69 Å². The van der Waals surface area contributed by atoms with Crippen LogP contribution in [0.4, 0.5) is 0 Å². The lowest BCUT2D eigenvalue weighted by Gasteiger charge is -2.40. The Bertz CT molecular complexity index is 290. The molecule has 0 spiro atoms. The van der Waals surface area contributed by atoms with Gasteiger partial charge in [0.15, 0.2) is 0 Å². The number of nitrogens with zero attached hydrogens (tertiary/aromatic N) is 1. The Morgan fingerprint density at radius 1 is 1.25 bits per heavy atom. The summed E-state index contributed by atoms with van der Waals surface area (Å²) in [5.74, 6) is -0.649. The van der Waals surface area contributed by atoms with Crippen LogP contribution in [0.1, 0.15) is 39.0 Å². The highest BCUT2D eigenvalue weighted by Gasteiger charge is 2.41. The van der Waals surface area contributed by atoms with Gasteiger partial charge in [0.1, 0.15) is 0 Å². The zero-order valence-corrected chi connectivity index (χ0v) is 13.1. The summed E-state index contributed by atoms with van der Waals surface area (Å²) < 4.78 is 10.4. The van der Waals surface area contributed by atoms with Crippen LogP contribution in [0.25, 0.3) is 0 Å². The number of ether oxygens (including phenoxy) is 2. The van der Waals surface area contributed by atoms with Gasteiger partial charge >= 0.3 is 5.97 Å². The maximum absolute atomic E-state index is 11.8. The van der Waals surface area contributed by atoms with E-state index in [2.05, 4.69) is 11.8 Å². The third kappa shape index (κ3) is 4.72. The van der Waals surface area contributed by atoms with Crippen molar-refractivity contribution < 1.29 is 19.4 Å². The molecule has 0 saturated heterocycles. The third-order valence-corrected chi connectivity index (χ3v) is 4.38. The minimum Gasteiger partial charge on any atom is -0.481 e. The maximum Gasteiger partial charge on any atom is 0.310 e. The molecule has 0 aromatic rings. The lowest BCUT2D eigenvalue weighted by atomic mass is 9.73. The Morgan fingerprint density at radius 3 is 2.40 bits per heavy atom. The highest BCUT2D eigenvalue weighted by Crippen LogP contribution is 2.37. The predicted molar refractivity (Wildman–Crippen MR) is 77.9 cm³/mol. The molecule has 5 heteroatoms. The molecule has 0 bridgehead atoms. The first kappa shape index (κ1) is 17.4. The first-order chi connectivity index (χ1) is 9.55. The molecule has 1 fully saturated rings. The summed E-state index contributed by atoms with van der Waals surface area (Å²) in [6.45, 7) is 4.65. The van der Waals surface area contributed by atoms with Gasteiger partial charge in [-0.25, -0.2) is 0 Å². The Morgan fingerprint density at radius 2 is 1.90 bits per heavy atom. The molecule has 1 atom stereocenters. The fourth-order valence-corrected chi connectivity index (χ4v) is 3.07. The molecule has 1 saturated carbocycles. The normalized spacial score (nSPS) is 20.0. The summed E-state index contributed by atoms with van der Waals surface area (Å²) in [7, 11) is 3.35. The van der Waals surface area contributed by atoms with E-state index in [0.29, 0.717) is 19.8 Å². The summed E-state index contributed by atoms with van der Waals surface area (Å²) in [5.41, 5.74) is -0.589. The van der Waals surface area contributed by atoms with Gasteiger partial charge in [-0.1, -0.05) is 19.3 Å². The van der Waals surface area contributed by atoms with Gasteiger partial charge in [0.2, 0.25) is 0 Å². The van der Waals surface area contributed by atoms with Gasteiger partial charge in [-0.15, -0.1) is 0 Å². The van der Waals surface area contributed by atoms with Crippen LogP contribution >= 0.6 is 0 Å². The molecule has 1 aliphatic rings. The molecular weight excluding hydrogens is 258 g/mol. The highest BCUT2D eigenvalue weighted by atomic mass is 16.5. The van der Waals surface area contributed by atoms with Crippen LogP contribution in [0, 0.1) is 5.41 Å². The Labute approximate surface area is 122 Å². The molecule has 0 aliphatic heterocycles. The summed E-state index contributed by atoms with van der Waals surface area (Å²) in [6, 6.07) is 0.202. The van der Waals surface area contributed by atoms with E-state index in [4.69, 9.17) is 9.47 Å². The van der Waals surface area contributed by atoms with Crippen molar-refractivity contribution in [2.75, 3.05) is 40.5 Å². The third-order valence-electron chi connectivity index (χ3n) is 4.38. The predicted octanol–water partition coefficient (Wildman–Crippen LogP) is 2.00. The Hall–Kier alpha value is -0.650. The van der Waals surface area contributed by atoms with E-state index in [1.54, 1.807) is 14.2 Å². The zero-order chi connectivity index (χ0) is 15.0. The van der Waals surface area contributed by atoms with Gasteiger partial charge in [0, 0.05) is 33.4 Å². The Kier molecular flexibility index (Phi) is 7.48. The number of hydrogen-bond acceptors (Lipinski definition) is 4. The van der Waals surface area contributed by atoms with Crippen LogP contribution in [-0.4, -0.2) is 62.5 Å². The average molecular weight is 287 g/mol. The average Bonchev–Trinajstić information content (AvgIpc) is 2.44. The van der Waals surface area contributed by atoms with E-state index >= 15 is 0 Å². The lowest BCUT2D eigenvalue weighted by molar-refractivity contribution is -0.153. The number of carboxylic acid groups (broad SMARTS) is 1. The summed E-state index contributed by atoms with van der Waals surface area (Å²) in [5, 5.41) is 9.69. The van der Waals surface area contributed by atoms with Crippen molar-refractivity contribution in [1.82, 2.24) is 4.90 Å². The number of carboxylic acids is 1. The highest BCUT2D eigenvalue weighted by molar-refractivity contribution is 5.75. The molecule has 1 rings (SSSR count). The number of methoxy groups -OCH3 is 2. The quantitative estimate of drug-likeness (QED) is 0.703. The standard InChI is InChI=1S/C15H29NO4/c1-13(11-20-3)16(9-10-19-2)12-15(14(17)18)7-5-4-6-8-15/h13H,4-12H2,1-3H3,(H,17,18). The smallest absolute Gasteiger partial charge is 0.310 e. The van der Waals surface area contributed by atoms with Crippen LogP contribution in [0.15, 0.2) is 0 Å². The van der Waals surface area contributed by atoms with E-state index in [1.165, 1.54) is 0 Å². The molecule has 1 aliphatic carbocycles. The summed E-state index contributed by atoms with van der Waals surface area (Å²) >= 11 is 0. The molecule has 0 amide bonds. The van der Waals surface area contributed by atoms with Gasteiger partial charge in [0.25, 0.3) is 0 Å². The van der Waals surface area contributed by atoms with Crippen molar-refractivity contribution in [2.24, 2.45) is 5.41 Å². The molecule has 118 valence electrons. The molecule has 0 heterocycles. The topological polar surface area (TPSA) is 59.0 Å². The molecule has 0 radical (unpaired) electrons. The van der Waals surface area contributed by atoms with Crippen molar-refractivity contribution >= 4 is 5.97 Å². The second-order valence-electron chi connectivity index (χ2n) is 5.91. The van der Waals surface area contributed by atoms with Gasteiger partial charge in [0.05, 0.1) is 18.6 Å². The number of aliphatic carboxylic acids is 1. The fraction of sp³-hybridized carbons (Fsp3) is 0.933. The van der Waals surface area contributed by atoms with Crippen molar-refractivity contribution in [1.29, 1.82) is 0 Å². The monoisotopic (exact) mass is 287 g/mol. The zero-order valence-electron chi connectivity index (χ0n) is 13.1. The maximum atomic E-state index is 11.8. The summed E-state index contributed by atoms with van der Waals surface area (Å²) in [4.78, 5) is 14.0. The van der Waals surface area contributed by atoms with E-state index in [9.17, 15) is 9.90 Å².